The topological polar surface area (TPSA) is 76.7 Å². The molecule has 0 aliphatic heterocycles. The highest BCUT2D eigenvalue weighted by Gasteiger charge is 2.08. The number of hydrazine groups is 1. The van der Waals surface area contributed by atoms with Gasteiger partial charge in [0.15, 0.2) is 13.2 Å². The molecule has 6 nitrogen and oxygen atoms in total. The lowest BCUT2D eigenvalue weighted by atomic mass is 10.1. The van der Waals surface area contributed by atoms with Gasteiger partial charge in [0, 0.05) is 10.0 Å². The minimum Gasteiger partial charge on any atom is -0.484 e. The van der Waals surface area contributed by atoms with E-state index in [0.29, 0.717) is 21.5 Å². The van der Waals surface area contributed by atoms with Crippen molar-refractivity contribution in [3.63, 3.8) is 0 Å². The van der Waals surface area contributed by atoms with Crippen LogP contribution in [0.1, 0.15) is 11.1 Å². The maximum Gasteiger partial charge on any atom is 0.276 e. The third-order valence-corrected chi connectivity index (χ3v) is 4.15. The zero-order valence-corrected chi connectivity index (χ0v) is 15.8. The molecule has 2 aromatic carbocycles. The first-order chi connectivity index (χ1) is 12.3. The number of hydrogen-bond acceptors (Lipinski definition) is 4. The number of ether oxygens (including phenoxy) is 2. The van der Waals surface area contributed by atoms with Crippen LogP contribution in [0.2, 0.25) is 10.0 Å². The summed E-state index contributed by atoms with van der Waals surface area (Å²) in [5.41, 5.74) is 6.20. The van der Waals surface area contributed by atoms with E-state index >= 15 is 0 Å². The number of aryl methyl sites for hydroxylation is 2. The summed E-state index contributed by atoms with van der Waals surface area (Å²) in [6.07, 6.45) is 0. The lowest BCUT2D eigenvalue weighted by Gasteiger charge is -2.11. The van der Waals surface area contributed by atoms with Gasteiger partial charge in [-0.2, -0.15) is 0 Å². The Kier molecular flexibility index (Phi) is 7.12. The summed E-state index contributed by atoms with van der Waals surface area (Å²) >= 11 is 11.8. The molecule has 0 spiro atoms. The smallest absolute Gasteiger partial charge is 0.276 e. The first kappa shape index (κ1) is 19.9. The largest absolute Gasteiger partial charge is 0.484 e. The quantitative estimate of drug-likeness (QED) is 0.734. The molecule has 26 heavy (non-hydrogen) atoms. The number of halogens is 2. The number of nitrogens with one attached hydrogen (secondary N) is 2. The Morgan fingerprint density at radius 2 is 1.31 bits per heavy atom. The summed E-state index contributed by atoms with van der Waals surface area (Å²) in [6.45, 7) is 3.20. The maximum absolute atomic E-state index is 11.7. The molecule has 0 heterocycles. The van der Waals surface area contributed by atoms with E-state index in [2.05, 4.69) is 10.9 Å². The lowest BCUT2D eigenvalue weighted by molar-refractivity contribution is -0.131. The molecule has 2 rings (SSSR count). The van der Waals surface area contributed by atoms with Gasteiger partial charge in [-0.05, 0) is 61.4 Å². The highest BCUT2D eigenvalue weighted by molar-refractivity contribution is 6.32. The van der Waals surface area contributed by atoms with E-state index in [1.807, 2.05) is 13.8 Å². The Morgan fingerprint density at radius 1 is 0.846 bits per heavy atom. The first-order valence-corrected chi connectivity index (χ1v) is 8.46. The van der Waals surface area contributed by atoms with Gasteiger partial charge in [0.05, 0.1) is 0 Å². The highest BCUT2D eigenvalue weighted by atomic mass is 35.5. The molecule has 0 bridgehead atoms. The minimum atomic E-state index is -0.508. The fraction of sp³-hybridized carbons (Fsp3) is 0.222. The summed E-state index contributed by atoms with van der Waals surface area (Å²) < 4.78 is 10.6. The lowest BCUT2D eigenvalue weighted by Crippen LogP contribution is -2.45. The maximum atomic E-state index is 11.7. The van der Waals surface area contributed by atoms with Crippen LogP contribution in [0.4, 0.5) is 0 Å². The van der Waals surface area contributed by atoms with Crippen molar-refractivity contribution >= 4 is 35.0 Å². The zero-order valence-electron chi connectivity index (χ0n) is 14.3. The van der Waals surface area contributed by atoms with Crippen LogP contribution < -0.4 is 20.3 Å². The van der Waals surface area contributed by atoms with E-state index in [9.17, 15) is 9.59 Å². The SMILES string of the molecule is Cc1cc(OCC(=O)NNC(=O)COc2ccc(Cl)cc2)cc(C)c1Cl. The van der Waals surface area contributed by atoms with Crippen LogP contribution in [0.15, 0.2) is 36.4 Å². The molecule has 0 saturated carbocycles. The van der Waals surface area contributed by atoms with Crippen LogP contribution in [0, 0.1) is 13.8 Å². The van der Waals surface area contributed by atoms with E-state index in [1.54, 1.807) is 36.4 Å². The number of hydrogen-bond donors (Lipinski definition) is 2. The molecule has 2 amide bonds. The molecule has 0 atom stereocenters. The van der Waals surface area contributed by atoms with Gasteiger partial charge >= 0.3 is 0 Å². The summed E-state index contributed by atoms with van der Waals surface area (Å²) in [5.74, 6) is 0.00576. The summed E-state index contributed by atoms with van der Waals surface area (Å²) in [6, 6.07) is 10.0. The van der Waals surface area contributed by atoms with Crippen LogP contribution in [-0.2, 0) is 9.59 Å². The second-order valence-electron chi connectivity index (χ2n) is 5.50. The van der Waals surface area contributed by atoms with Gasteiger partial charge in [-0.15, -0.1) is 0 Å². The molecule has 8 heteroatoms. The second kappa shape index (κ2) is 9.31. The average molecular weight is 397 g/mol. The molecule has 0 radical (unpaired) electrons. The van der Waals surface area contributed by atoms with Gasteiger partial charge in [-0.3, -0.25) is 20.4 Å². The van der Waals surface area contributed by atoms with Crippen LogP contribution in [0.3, 0.4) is 0 Å². The molecule has 2 aromatic rings. The normalized spacial score (nSPS) is 10.2. The van der Waals surface area contributed by atoms with Crippen molar-refractivity contribution < 1.29 is 19.1 Å². The average Bonchev–Trinajstić information content (AvgIpc) is 2.62. The van der Waals surface area contributed by atoms with Crippen LogP contribution in [-0.4, -0.2) is 25.0 Å². The monoisotopic (exact) mass is 396 g/mol. The van der Waals surface area contributed by atoms with E-state index in [1.165, 1.54) is 0 Å². The van der Waals surface area contributed by atoms with E-state index in [0.717, 1.165) is 11.1 Å². The van der Waals surface area contributed by atoms with Crippen molar-refractivity contribution in [2.24, 2.45) is 0 Å². The molecule has 2 N–H and O–H groups in total. The van der Waals surface area contributed by atoms with Gasteiger partial charge in [-0.25, -0.2) is 0 Å². The molecular formula is C18H18Cl2N2O4. The van der Waals surface area contributed by atoms with Crippen LogP contribution in [0.25, 0.3) is 0 Å². The minimum absolute atomic E-state index is 0.251. The Morgan fingerprint density at radius 3 is 1.81 bits per heavy atom. The molecule has 0 unspecified atom stereocenters. The predicted molar refractivity (Wildman–Crippen MR) is 99.7 cm³/mol. The van der Waals surface area contributed by atoms with Gasteiger partial charge < -0.3 is 9.47 Å². The summed E-state index contributed by atoms with van der Waals surface area (Å²) in [7, 11) is 0. The molecule has 138 valence electrons. The first-order valence-electron chi connectivity index (χ1n) is 7.70. The van der Waals surface area contributed by atoms with Gasteiger partial charge in [0.25, 0.3) is 11.8 Å². The van der Waals surface area contributed by atoms with Gasteiger partial charge in [-0.1, -0.05) is 23.2 Å². The summed E-state index contributed by atoms with van der Waals surface area (Å²) in [4.78, 5) is 23.4. The third-order valence-electron chi connectivity index (χ3n) is 3.30. The highest BCUT2D eigenvalue weighted by Crippen LogP contribution is 2.25. The Bertz CT molecular complexity index is 771. The third kappa shape index (κ3) is 6.13. The van der Waals surface area contributed by atoms with Crippen molar-refractivity contribution in [1.29, 1.82) is 0 Å². The second-order valence-corrected chi connectivity index (χ2v) is 6.31. The van der Waals surface area contributed by atoms with Crippen molar-refractivity contribution in [2.45, 2.75) is 13.8 Å². The molecule has 0 fully saturated rings. The van der Waals surface area contributed by atoms with Crippen molar-refractivity contribution in [1.82, 2.24) is 10.9 Å². The van der Waals surface area contributed by atoms with Crippen LogP contribution in [0.5, 0.6) is 11.5 Å². The van der Waals surface area contributed by atoms with Crippen molar-refractivity contribution in [3.05, 3.63) is 57.6 Å². The van der Waals surface area contributed by atoms with E-state index in [-0.39, 0.29) is 13.2 Å². The number of carbonyl (C=O) groups excluding carboxylic acids is 2. The van der Waals surface area contributed by atoms with Gasteiger partial charge in [0.1, 0.15) is 11.5 Å². The molecule has 0 aliphatic rings. The Hall–Kier alpha value is -2.44. The van der Waals surface area contributed by atoms with Crippen molar-refractivity contribution in [2.75, 3.05) is 13.2 Å². The number of rotatable bonds is 6. The number of carbonyl (C=O) groups is 2. The zero-order chi connectivity index (χ0) is 19.1. The van der Waals surface area contributed by atoms with E-state index < -0.39 is 11.8 Å². The summed E-state index contributed by atoms with van der Waals surface area (Å²) in [5, 5.41) is 1.23. The predicted octanol–water partition coefficient (Wildman–Crippen LogP) is 3.22. The number of amides is 2. The van der Waals surface area contributed by atoms with Crippen LogP contribution >= 0.6 is 23.2 Å². The van der Waals surface area contributed by atoms with Crippen molar-refractivity contribution in [3.8, 4) is 11.5 Å². The Labute approximate surface area is 161 Å². The van der Waals surface area contributed by atoms with E-state index in [4.69, 9.17) is 32.7 Å². The molecule has 0 saturated heterocycles. The molecule has 0 aliphatic carbocycles. The van der Waals surface area contributed by atoms with Gasteiger partial charge in [0.2, 0.25) is 0 Å². The Balaban J connectivity index is 1.71. The number of benzene rings is 2. The molecule has 0 aromatic heterocycles. The fourth-order valence-corrected chi connectivity index (χ4v) is 2.26. The molecular weight excluding hydrogens is 379 g/mol. The fourth-order valence-electron chi connectivity index (χ4n) is 2.03. The standard InChI is InChI=1S/C18H18Cl2N2O4/c1-11-7-15(8-12(2)18(11)20)26-10-17(24)22-21-16(23)9-25-14-5-3-13(19)4-6-14/h3-8H,9-10H2,1-2H3,(H,21,23)(H,22,24).